The summed E-state index contributed by atoms with van der Waals surface area (Å²) in [5, 5.41) is 3.47. The number of nitrogens with two attached hydrogens (primary N) is 1. The summed E-state index contributed by atoms with van der Waals surface area (Å²) in [6, 6.07) is 3.95. The molecule has 2 aliphatic rings. The van der Waals surface area contributed by atoms with Crippen LogP contribution in [0.1, 0.15) is 25.7 Å². The second-order valence-electron chi connectivity index (χ2n) is 5.16. The third-order valence-electron chi connectivity index (χ3n) is 3.82. The Morgan fingerprint density at radius 3 is 2.56 bits per heavy atom. The Bertz CT molecular complexity index is 357. The molecule has 0 unspecified atom stereocenters. The van der Waals surface area contributed by atoms with Crippen molar-refractivity contribution in [2.45, 2.75) is 25.7 Å². The second kappa shape index (κ2) is 3.96. The third-order valence-corrected chi connectivity index (χ3v) is 3.82. The van der Waals surface area contributed by atoms with Gasteiger partial charge in [-0.2, -0.15) is 0 Å². The molecule has 3 heteroatoms. The van der Waals surface area contributed by atoms with E-state index < -0.39 is 0 Å². The standard InChI is InChI=1S/C13H19N3/c14-13-12(2-1-7-15-13)16-8-11(9-3-4-9)10-5-6-10/h1-2,7,9-11,16H,3-6,8H2,(H2,14,15). The van der Waals surface area contributed by atoms with Crippen LogP contribution in [0.4, 0.5) is 11.5 Å². The van der Waals surface area contributed by atoms with Crippen LogP contribution in [0.25, 0.3) is 0 Å². The van der Waals surface area contributed by atoms with E-state index in [9.17, 15) is 0 Å². The summed E-state index contributed by atoms with van der Waals surface area (Å²) in [7, 11) is 0. The van der Waals surface area contributed by atoms with E-state index in [0.29, 0.717) is 5.82 Å². The molecule has 0 atom stereocenters. The minimum atomic E-state index is 0.618. The normalized spacial score (nSPS) is 20.1. The van der Waals surface area contributed by atoms with Gasteiger partial charge < -0.3 is 11.1 Å². The molecular formula is C13H19N3. The van der Waals surface area contributed by atoms with Crippen molar-refractivity contribution in [3.05, 3.63) is 18.3 Å². The van der Waals surface area contributed by atoms with E-state index in [2.05, 4.69) is 10.3 Å². The Hall–Kier alpha value is -1.25. The topological polar surface area (TPSA) is 50.9 Å². The highest BCUT2D eigenvalue weighted by atomic mass is 15.0. The first-order chi connectivity index (χ1) is 7.84. The van der Waals surface area contributed by atoms with E-state index in [1.807, 2.05) is 12.1 Å². The maximum absolute atomic E-state index is 5.82. The Morgan fingerprint density at radius 2 is 2.00 bits per heavy atom. The highest BCUT2D eigenvalue weighted by Gasteiger charge is 2.40. The second-order valence-corrected chi connectivity index (χ2v) is 5.16. The summed E-state index contributed by atoms with van der Waals surface area (Å²) < 4.78 is 0. The Kier molecular flexibility index (Phi) is 2.46. The minimum Gasteiger partial charge on any atom is -0.382 e. The average Bonchev–Trinajstić information content (AvgIpc) is 3.15. The van der Waals surface area contributed by atoms with Gasteiger partial charge in [-0.15, -0.1) is 0 Å². The fourth-order valence-electron chi connectivity index (χ4n) is 2.56. The van der Waals surface area contributed by atoms with E-state index in [-0.39, 0.29) is 0 Å². The third kappa shape index (κ3) is 2.13. The van der Waals surface area contributed by atoms with E-state index in [1.54, 1.807) is 6.20 Å². The molecule has 2 fully saturated rings. The first kappa shape index (κ1) is 9.94. The molecule has 2 saturated carbocycles. The molecule has 0 spiro atoms. The van der Waals surface area contributed by atoms with Crippen LogP contribution in [0.5, 0.6) is 0 Å². The van der Waals surface area contributed by atoms with Crippen molar-refractivity contribution in [1.82, 2.24) is 4.98 Å². The molecule has 3 N–H and O–H groups in total. The van der Waals surface area contributed by atoms with Crippen LogP contribution in [0.3, 0.4) is 0 Å². The average molecular weight is 217 g/mol. The molecule has 0 amide bonds. The molecule has 2 aliphatic carbocycles. The minimum absolute atomic E-state index is 0.618. The fraction of sp³-hybridized carbons (Fsp3) is 0.615. The highest BCUT2D eigenvalue weighted by Crippen LogP contribution is 2.49. The quantitative estimate of drug-likeness (QED) is 0.796. The smallest absolute Gasteiger partial charge is 0.146 e. The van der Waals surface area contributed by atoms with E-state index in [0.717, 1.165) is 30.0 Å². The molecule has 0 bridgehead atoms. The van der Waals surface area contributed by atoms with Gasteiger partial charge in [0.1, 0.15) is 5.82 Å². The Labute approximate surface area is 96.4 Å². The van der Waals surface area contributed by atoms with Crippen LogP contribution >= 0.6 is 0 Å². The van der Waals surface area contributed by atoms with Crippen molar-refractivity contribution in [2.24, 2.45) is 17.8 Å². The maximum Gasteiger partial charge on any atom is 0.146 e. The molecule has 86 valence electrons. The van der Waals surface area contributed by atoms with Crippen LogP contribution in [0.2, 0.25) is 0 Å². The number of anilines is 2. The molecule has 0 saturated heterocycles. The number of hydrogen-bond donors (Lipinski definition) is 2. The number of aromatic nitrogens is 1. The van der Waals surface area contributed by atoms with Crippen LogP contribution in [0.15, 0.2) is 18.3 Å². The summed E-state index contributed by atoms with van der Waals surface area (Å²) >= 11 is 0. The molecule has 3 nitrogen and oxygen atoms in total. The number of hydrogen-bond acceptors (Lipinski definition) is 3. The lowest BCUT2D eigenvalue weighted by Gasteiger charge is -2.17. The van der Waals surface area contributed by atoms with Crippen molar-refractivity contribution in [1.29, 1.82) is 0 Å². The van der Waals surface area contributed by atoms with Crippen molar-refractivity contribution in [3.63, 3.8) is 0 Å². The molecule has 16 heavy (non-hydrogen) atoms. The first-order valence-electron chi connectivity index (χ1n) is 6.29. The van der Waals surface area contributed by atoms with Crippen LogP contribution in [-0.4, -0.2) is 11.5 Å². The summed E-state index contributed by atoms with van der Waals surface area (Å²) in [4.78, 5) is 4.09. The number of pyridine rings is 1. The van der Waals surface area contributed by atoms with Gasteiger partial charge in [-0.1, -0.05) is 0 Å². The largest absolute Gasteiger partial charge is 0.382 e. The maximum atomic E-state index is 5.82. The predicted octanol–water partition coefficient (Wildman–Crippen LogP) is 2.51. The van der Waals surface area contributed by atoms with Gasteiger partial charge >= 0.3 is 0 Å². The Morgan fingerprint density at radius 1 is 1.31 bits per heavy atom. The van der Waals surface area contributed by atoms with E-state index in [4.69, 9.17) is 5.73 Å². The first-order valence-corrected chi connectivity index (χ1v) is 6.29. The van der Waals surface area contributed by atoms with Crippen LogP contribution in [-0.2, 0) is 0 Å². The van der Waals surface area contributed by atoms with Gasteiger partial charge in [-0.05, 0) is 55.6 Å². The van der Waals surface area contributed by atoms with Gasteiger partial charge in [0.05, 0.1) is 5.69 Å². The molecule has 0 radical (unpaired) electrons. The summed E-state index contributed by atoms with van der Waals surface area (Å²) in [5.41, 5.74) is 6.81. The van der Waals surface area contributed by atoms with Gasteiger partial charge in [0.2, 0.25) is 0 Å². The lowest BCUT2D eigenvalue weighted by Crippen LogP contribution is -2.19. The molecule has 3 rings (SSSR count). The van der Waals surface area contributed by atoms with E-state index >= 15 is 0 Å². The van der Waals surface area contributed by atoms with Crippen LogP contribution < -0.4 is 11.1 Å². The number of nitrogens with zero attached hydrogens (tertiary/aromatic N) is 1. The molecule has 1 aromatic rings. The lowest BCUT2D eigenvalue weighted by molar-refractivity contribution is 0.428. The SMILES string of the molecule is Nc1ncccc1NCC(C1CC1)C1CC1. The molecule has 0 aliphatic heterocycles. The molecule has 0 aromatic carbocycles. The van der Waals surface area contributed by atoms with Crippen molar-refractivity contribution < 1.29 is 0 Å². The summed E-state index contributed by atoms with van der Waals surface area (Å²) in [6.45, 7) is 1.07. The van der Waals surface area contributed by atoms with Gasteiger partial charge in [0, 0.05) is 12.7 Å². The number of nitrogens with one attached hydrogen (secondary N) is 1. The number of rotatable bonds is 5. The molecule has 1 aromatic heterocycles. The zero-order valence-electron chi connectivity index (χ0n) is 9.52. The molecule has 1 heterocycles. The van der Waals surface area contributed by atoms with Gasteiger partial charge in [0.15, 0.2) is 0 Å². The summed E-state index contributed by atoms with van der Waals surface area (Å²) in [6.07, 6.45) is 7.48. The van der Waals surface area contributed by atoms with Crippen molar-refractivity contribution in [3.8, 4) is 0 Å². The van der Waals surface area contributed by atoms with Crippen molar-refractivity contribution >= 4 is 11.5 Å². The summed E-state index contributed by atoms with van der Waals surface area (Å²) in [5.74, 6) is 3.46. The monoisotopic (exact) mass is 217 g/mol. The van der Waals surface area contributed by atoms with Crippen LogP contribution in [0, 0.1) is 17.8 Å². The fourth-order valence-corrected chi connectivity index (χ4v) is 2.56. The van der Waals surface area contributed by atoms with Crippen molar-refractivity contribution in [2.75, 3.05) is 17.6 Å². The van der Waals surface area contributed by atoms with Gasteiger partial charge in [0.25, 0.3) is 0 Å². The highest BCUT2D eigenvalue weighted by molar-refractivity contribution is 5.60. The Balaban J connectivity index is 1.60. The lowest BCUT2D eigenvalue weighted by atomic mass is 9.98. The van der Waals surface area contributed by atoms with E-state index in [1.165, 1.54) is 25.7 Å². The zero-order valence-corrected chi connectivity index (χ0v) is 9.52. The van der Waals surface area contributed by atoms with Gasteiger partial charge in [-0.25, -0.2) is 4.98 Å². The molecular weight excluding hydrogens is 198 g/mol. The zero-order chi connectivity index (χ0) is 11.0. The van der Waals surface area contributed by atoms with Gasteiger partial charge in [-0.3, -0.25) is 0 Å². The number of nitrogen functional groups attached to an aromatic ring is 1. The predicted molar refractivity (Wildman–Crippen MR) is 66.1 cm³/mol.